The predicted molar refractivity (Wildman–Crippen MR) is 97.2 cm³/mol. The van der Waals surface area contributed by atoms with Crippen LogP contribution in [-0.4, -0.2) is 43.1 Å². The molecule has 1 aliphatic heterocycles. The molecule has 1 saturated heterocycles. The monoisotopic (exact) mass is 362 g/mol. The van der Waals surface area contributed by atoms with Gasteiger partial charge in [-0.1, -0.05) is 25.0 Å². The zero-order valence-corrected chi connectivity index (χ0v) is 15.1. The van der Waals surface area contributed by atoms with E-state index in [9.17, 15) is 14.4 Å². The van der Waals surface area contributed by atoms with Crippen molar-refractivity contribution < 1.29 is 24.2 Å². The Balaban J connectivity index is 1.75. The lowest BCUT2D eigenvalue weighted by Gasteiger charge is -2.19. The fraction of sp³-hybridized carbons (Fsp3) is 0.526. The highest BCUT2D eigenvalue weighted by Crippen LogP contribution is 2.32. The molecule has 1 aromatic rings. The minimum atomic E-state index is -0.774. The van der Waals surface area contributed by atoms with E-state index in [0.717, 1.165) is 19.3 Å². The fourth-order valence-corrected chi connectivity index (χ4v) is 3.08. The standard InChI is InChI=1S/C19H26N2O5/c1-26-16-9-6-5-8-15(16)21-13-14(12-17(21)22)19(25)20-11-7-3-2-4-10-18(23)24/h5-6,8-9,14H,2-4,7,10-13H2,1H3,(H,20,25)(H,23,24). The van der Waals surface area contributed by atoms with Crippen molar-refractivity contribution in [1.82, 2.24) is 5.32 Å². The van der Waals surface area contributed by atoms with Crippen molar-refractivity contribution in [3.8, 4) is 5.75 Å². The summed E-state index contributed by atoms with van der Waals surface area (Å²) >= 11 is 0. The molecule has 2 rings (SSSR count). The largest absolute Gasteiger partial charge is 0.495 e. The average molecular weight is 362 g/mol. The number of amides is 2. The number of hydrogen-bond donors (Lipinski definition) is 2. The summed E-state index contributed by atoms with van der Waals surface area (Å²) in [5.74, 6) is -0.712. The second-order valence-electron chi connectivity index (χ2n) is 6.43. The number of aliphatic carboxylic acids is 1. The van der Waals surface area contributed by atoms with Crippen molar-refractivity contribution >= 4 is 23.5 Å². The van der Waals surface area contributed by atoms with Crippen molar-refractivity contribution in [1.29, 1.82) is 0 Å². The Labute approximate surface area is 153 Å². The number of ether oxygens (including phenoxy) is 1. The Bertz CT molecular complexity index is 647. The molecule has 142 valence electrons. The second kappa shape index (κ2) is 9.79. The number of methoxy groups -OCH3 is 1. The number of carboxylic acid groups (broad SMARTS) is 1. The Kier molecular flexibility index (Phi) is 7.44. The number of anilines is 1. The number of unbranched alkanes of at least 4 members (excludes halogenated alkanes) is 3. The summed E-state index contributed by atoms with van der Waals surface area (Å²) in [6.45, 7) is 0.898. The molecule has 0 bridgehead atoms. The van der Waals surface area contributed by atoms with Gasteiger partial charge in [-0.05, 0) is 25.0 Å². The molecule has 7 nitrogen and oxygen atoms in total. The van der Waals surface area contributed by atoms with E-state index in [-0.39, 0.29) is 30.6 Å². The van der Waals surface area contributed by atoms with Gasteiger partial charge in [0, 0.05) is 25.9 Å². The third-order valence-electron chi connectivity index (χ3n) is 4.49. The topological polar surface area (TPSA) is 95.9 Å². The van der Waals surface area contributed by atoms with Crippen LogP contribution in [0.3, 0.4) is 0 Å². The zero-order chi connectivity index (χ0) is 18.9. The maximum Gasteiger partial charge on any atom is 0.303 e. The van der Waals surface area contributed by atoms with Gasteiger partial charge in [-0.25, -0.2) is 0 Å². The molecule has 1 aromatic carbocycles. The number of nitrogens with one attached hydrogen (secondary N) is 1. The third kappa shape index (κ3) is 5.47. The first-order valence-electron chi connectivity index (χ1n) is 8.95. The molecule has 1 atom stereocenters. The first-order valence-corrected chi connectivity index (χ1v) is 8.95. The molecule has 2 N–H and O–H groups in total. The smallest absolute Gasteiger partial charge is 0.303 e. The van der Waals surface area contributed by atoms with Gasteiger partial charge in [0.25, 0.3) is 0 Å². The number of para-hydroxylation sites is 2. The number of benzene rings is 1. The summed E-state index contributed by atoms with van der Waals surface area (Å²) in [4.78, 5) is 36.6. The molecule has 2 amide bonds. The number of carbonyl (C=O) groups is 3. The first-order chi connectivity index (χ1) is 12.5. The molecule has 0 spiro atoms. The lowest BCUT2D eigenvalue weighted by Crippen LogP contribution is -2.33. The Morgan fingerprint density at radius 2 is 1.96 bits per heavy atom. The van der Waals surface area contributed by atoms with Gasteiger partial charge in [0.2, 0.25) is 11.8 Å². The van der Waals surface area contributed by atoms with Crippen LogP contribution >= 0.6 is 0 Å². The van der Waals surface area contributed by atoms with Crippen LogP contribution in [0.1, 0.15) is 38.5 Å². The van der Waals surface area contributed by atoms with Gasteiger partial charge >= 0.3 is 5.97 Å². The van der Waals surface area contributed by atoms with E-state index in [1.165, 1.54) is 0 Å². The molecule has 1 heterocycles. The summed E-state index contributed by atoms with van der Waals surface area (Å²) in [5.41, 5.74) is 0.689. The number of rotatable bonds is 10. The molecule has 1 unspecified atom stereocenters. The summed E-state index contributed by atoms with van der Waals surface area (Å²) < 4.78 is 5.30. The summed E-state index contributed by atoms with van der Waals surface area (Å²) in [6.07, 6.45) is 3.57. The first kappa shape index (κ1) is 19.8. The molecule has 0 aliphatic carbocycles. The van der Waals surface area contributed by atoms with Crippen LogP contribution < -0.4 is 15.0 Å². The van der Waals surface area contributed by atoms with Crippen molar-refractivity contribution in [3.05, 3.63) is 24.3 Å². The fourth-order valence-electron chi connectivity index (χ4n) is 3.08. The van der Waals surface area contributed by atoms with Crippen molar-refractivity contribution in [2.24, 2.45) is 5.92 Å². The zero-order valence-electron chi connectivity index (χ0n) is 15.1. The van der Waals surface area contributed by atoms with Crippen LogP contribution in [0.4, 0.5) is 5.69 Å². The molecule has 0 aromatic heterocycles. The molecule has 1 fully saturated rings. The van der Waals surface area contributed by atoms with Gasteiger partial charge in [-0.2, -0.15) is 0 Å². The van der Waals surface area contributed by atoms with E-state index in [0.29, 0.717) is 30.9 Å². The molecule has 7 heteroatoms. The van der Waals surface area contributed by atoms with E-state index in [1.54, 1.807) is 18.1 Å². The predicted octanol–water partition coefficient (Wildman–Crippen LogP) is 2.20. The molecule has 1 aliphatic rings. The normalized spacial score (nSPS) is 16.6. The highest BCUT2D eigenvalue weighted by Gasteiger charge is 2.35. The number of carboxylic acids is 1. The Morgan fingerprint density at radius 1 is 1.23 bits per heavy atom. The van der Waals surface area contributed by atoms with Crippen LogP contribution in [0.5, 0.6) is 5.75 Å². The van der Waals surface area contributed by atoms with Gasteiger partial charge in [-0.15, -0.1) is 0 Å². The van der Waals surface area contributed by atoms with E-state index in [1.807, 2.05) is 18.2 Å². The van der Waals surface area contributed by atoms with Crippen molar-refractivity contribution in [2.45, 2.75) is 38.5 Å². The molecular weight excluding hydrogens is 336 g/mol. The van der Waals surface area contributed by atoms with Crippen molar-refractivity contribution in [3.63, 3.8) is 0 Å². The highest BCUT2D eigenvalue weighted by molar-refractivity contribution is 6.01. The number of carbonyl (C=O) groups excluding carboxylic acids is 2. The van der Waals surface area contributed by atoms with E-state index in [2.05, 4.69) is 5.32 Å². The summed E-state index contributed by atoms with van der Waals surface area (Å²) in [7, 11) is 1.56. The Hall–Kier alpha value is -2.57. The van der Waals surface area contributed by atoms with Crippen LogP contribution in [0.2, 0.25) is 0 Å². The number of hydrogen-bond acceptors (Lipinski definition) is 4. The van der Waals surface area contributed by atoms with Crippen LogP contribution in [0.25, 0.3) is 0 Å². The maximum atomic E-state index is 12.3. The maximum absolute atomic E-state index is 12.3. The van der Waals surface area contributed by atoms with E-state index < -0.39 is 5.97 Å². The van der Waals surface area contributed by atoms with Gasteiger partial charge in [0.1, 0.15) is 5.75 Å². The highest BCUT2D eigenvalue weighted by atomic mass is 16.5. The number of nitrogens with zero attached hydrogens (tertiary/aromatic N) is 1. The minimum Gasteiger partial charge on any atom is -0.495 e. The Morgan fingerprint density at radius 3 is 2.69 bits per heavy atom. The quantitative estimate of drug-likeness (QED) is 0.622. The van der Waals surface area contributed by atoms with Gasteiger partial charge in [0.05, 0.1) is 18.7 Å². The lowest BCUT2D eigenvalue weighted by molar-refractivity contribution is -0.137. The molecule has 26 heavy (non-hydrogen) atoms. The third-order valence-corrected chi connectivity index (χ3v) is 4.49. The lowest BCUT2D eigenvalue weighted by atomic mass is 10.1. The van der Waals surface area contributed by atoms with Crippen LogP contribution in [0, 0.1) is 5.92 Å². The summed E-state index contributed by atoms with van der Waals surface area (Å²) in [6, 6.07) is 7.28. The van der Waals surface area contributed by atoms with Crippen LogP contribution in [0.15, 0.2) is 24.3 Å². The van der Waals surface area contributed by atoms with Gasteiger partial charge < -0.3 is 20.1 Å². The van der Waals surface area contributed by atoms with E-state index in [4.69, 9.17) is 9.84 Å². The summed E-state index contributed by atoms with van der Waals surface area (Å²) in [5, 5.41) is 11.5. The van der Waals surface area contributed by atoms with Gasteiger partial charge in [0.15, 0.2) is 0 Å². The molecule has 0 saturated carbocycles. The minimum absolute atomic E-state index is 0.0803. The SMILES string of the molecule is COc1ccccc1N1CC(C(=O)NCCCCCCC(=O)O)CC1=O. The van der Waals surface area contributed by atoms with E-state index >= 15 is 0 Å². The average Bonchev–Trinajstić information content (AvgIpc) is 3.02. The second-order valence-corrected chi connectivity index (χ2v) is 6.43. The molecular formula is C19H26N2O5. The van der Waals surface area contributed by atoms with Crippen LogP contribution in [-0.2, 0) is 14.4 Å². The molecule has 0 radical (unpaired) electrons. The van der Waals surface area contributed by atoms with Crippen molar-refractivity contribution in [2.75, 3.05) is 25.1 Å². The van der Waals surface area contributed by atoms with Gasteiger partial charge in [-0.3, -0.25) is 14.4 Å².